The quantitative estimate of drug-likeness (QED) is 0.787. The van der Waals surface area contributed by atoms with Gasteiger partial charge in [0.25, 0.3) is 0 Å². The number of nitrogens with one attached hydrogen (secondary N) is 1. The fourth-order valence-corrected chi connectivity index (χ4v) is 2.91. The van der Waals surface area contributed by atoms with Gasteiger partial charge in [-0.3, -0.25) is 0 Å². The van der Waals surface area contributed by atoms with Crippen molar-refractivity contribution in [3.8, 4) is 0 Å². The fourth-order valence-electron chi connectivity index (χ4n) is 1.52. The van der Waals surface area contributed by atoms with Crippen LogP contribution in [0.1, 0.15) is 15.4 Å². The molecule has 1 aromatic heterocycles. The number of anilines is 2. The largest absolute Gasteiger partial charge is 0.476 e. The number of sulfonamides is 1. The Kier molecular flexibility index (Phi) is 3.75. The second kappa shape index (κ2) is 5.19. The van der Waals surface area contributed by atoms with E-state index >= 15 is 0 Å². The zero-order valence-corrected chi connectivity index (χ0v) is 12.0. The molecule has 9 heteroatoms. The van der Waals surface area contributed by atoms with Crippen molar-refractivity contribution in [1.29, 1.82) is 0 Å². The Bertz CT molecular complexity index is 768. The average Bonchev–Trinajstić information content (AvgIpc) is 2.69. The number of carboxylic acid groups (broad SMARTS) is 1. The van der Waals surface area contributed by atoms with Crippen molar-refractivity contribution in [1.82, 2.24) is 4.98 Å². The van der Waals surface area contributed by atoms with Crippen LogP contribution in [0.4, 0.5) is 10.8 Å². The fraction of sp³-hybridized carbons (Fsp3) is 0.0909. The molecule has 0 bridgehead atoms. The molecule has 0 aliphatic rings. The molecule has 0 saturated carbocycles. The molecule has 4 N–H and O–H groups in total. The maximum Gasteiger partial charge on any atom is 0.355 e. The summed E-state index contributed by atoms with van der Waals surface area (Å²) >= 11 is 1.17. The number of thiazole rings is 1. The van der Waals surface area contributed by atoms with Gasteiger partial charge in [-0.2, -0.15) is 0 Å². The zero-order valence-electron chi connectivity index (χ0n) is 10.3. The van der Waals surface area contributed by atoms with Gasteiger partial charge in [0.1, 0.15) is 0 Å². The Hall–Kier alpha value is -1.97. The lowest BCUT2D eigenvalue weighted by atomic mass is 10.3. The van der Waals surface area contributed by atoms with Crippen molar-refractivity contribution < 1.29 is 18.3 Å². The topological polar surface area (TPSA) is 122 Å². The molecule has 7 nitrogen and oxygen atoms in total. The molecule has 2 aromatic rings. The van der Waals surface area contributed by atoms with Gasteiger partial charge in [-0.15, -0.1) is 11.3 Å². The molecule has 0 fully saturated rings. The standard InChI is InChI=1S/C11H11N3O4S2/c1-6-9(10(15)16)14-11(19-6)13-7-3-2-4-8(5-7)20(12,17)18/h2-5H,1H3,(H,13,14)(H,15,16)(H2,12,17,18). The summed E-state index contributed by atoms with van der Waals surface area (Å²) in [6.07, 6.45) is 0. The average molecular weight is 313 g/mol. The number of hydrogen-bond acceptors (Lipinski definition) is 6. The third-order valence-corrected chi connectivity index (χ3v) is 4.21. The summed E-state index contributed by atoms with van der Waals surface area (Å²) in [7, 11) is -3.79. The van der Waals surface area contributed by atoms with Crippen LogP contribution in [-0.2, 0) is 10.0 Å². The van der Waals surface area contributed by atoms with Crippen LogP contribution in [0.3, 0.4) is 0 Å². The number of rotatable bonds is 4. The zero-order chi connectivity index (χ0) is 14.9. The summed E-state index contributed by atoms with van der Waals surface area (Å²) in [6.45, 7) is 1.65. The number of benzene rings is 1. The van der Waals surface area contributed by atoms with Gasteiger partial charge in [0.15, 0.2) is 10.8 Å². The molecule has 106 valence electrons. The maximum absolute atomic E-state index is 11.2. The van der Waals surface area contributed by atoms with Crippen LogP contribution in [-0.4, -0.2) is 24.5 Å². The number of primary sulfonamides is 1. The van der Waals surface area contributed by atoms with Gasteiger partial charge < -0.3 is 10.4 Å². The predicted molar refractivity (Wildman–Crippen MR) is 74.9 cm³/mol. The number of carbonyl (C=O) groups is 1. The van der Waals surface area contributed by atoms with E-state index < -0.39 is 16.0 Å². The molecule has 0 aliphatic carbocycles. The van der Waals surface area contributed by atoms with E-state index in [1.807, 2.05) is 0 Å². The molecule has 0 aliphatic heterocycles. The van der Waals surface area contributed by atoms with Gasteiger partial charge >= 0.3 is 5.97 Å². The van der Waals surface area contributed by atoms with Crippen molar-refractivity contribution >= 4 is 38.1 Å². The lowest BCUT2D eigenvalue weighted by Crippen LogP contribution is -2.12. The molecule has 0 amide bonds. The number of nitrogens with two attached hydrogens (primary N) is 1. The molecule has 1 aromatic carbocycles. The molecule has 0 spiro atoms. The second-order valence-corrected chi connectivity index (χ2v) is 6.69. The number of aromatic nitrogens is 1. The molecule has 0 atom stereocenters. The number of aryl methyl sites for hydroxylation is 1. The Balaban J connectivity index is 2.31. The van der Waals surface area contributed by atoms with Crippen LogP contribution in [0.25, 0.3) is 0 Å². The first-order valence-corrected chi connectivity index (χ1v) is 7.74. The smallest absolute Gasteiger partial charge is 0.355 e. The Labute approximate surface area is 119 Å². The monoisotopic (exact) mass is 313 g/mol. The van der Waals surface area contributed by atoms with E-state index in [-0.39, 0.29) is 10.6 Å². The van der Waals surface area contributed by atoms with Gasteiger partial charge in [0, 0.05) is 10.6 Å². The van der Waals surface area contributed by atoms with E-state index in [4.69, 9.17) is 10.2 Å². The molecule has 0 radical (unpaired) electrons. The van der Waals surface area contributed by atoms with Gasteiger partial charge in [-0.25, -0.2) is 23.3 Å². The minimum atomic E-state index is -3.79. The SMILES string of the molecule is Cc1sc(Nc2cccc(S(N)(=O)=O)c2)nc1C(=O)O. The molecular formula is C11H11N3O4S2. The van der Waals surface area contributed by atoms with Crippen molar-refractivity contribution in [3.63, 3.8) is 0 Å². The number of nitrogens with zero attached hydrogens (tertiary/aromatic N) is 1. The van der Waals surface area contributed by atoms with Gasteiger partial charge in [0.05, 0.1) is 4.90 Å². The first-order chi connectivity index (χ1) is 9.27. The lowest BCUT2D eigenvalue weighted by Gasteiger charge is -2.04. The van der Waals surface area contributed by atoms with E-state index in [1.165, 1.54) is 29.5 Å². The molecular weight excluding hydrogens is 302 g/mol. The van der Waals surface area contributed by atoms with Crippen LogP contribution >= 0.6 is 11.3 Å². The Morgan fingerprint density at radius 3 is 2.70 bits per heavy atom. The predicted octanol–water partition coefficient (Wildman–Crippen LogP) is 1.54. The number of carboxylic acids is 1. The number of hydrogen-bond donors (Lipinski definition) is 3. The maximum atomic E-state index is 11.2. The first-order valence-electron chi connectivity index (χ1n) is 5.38. The van der Waals surface area contributed by atoms with Crippen molar-refractivity contribution in [2.45, 2.75) is 11.8 Å². The highest BCUT2D eigenvalue weighted by molar-refractivity contribution is 7.89. The molecule has 20 heavy (non-hydrogen) atoms. The third kappa shape index (κ3) is 3.13. The highest BCUT2D eigenvalue weighted by Crippen LogP contribution is 2.26. The third-order valence-electron chi connectivity index (χ3n) is 2.41. The molecule has 2 rings (SSSR count). The molecule has 0 unspecified atom stereocenters. The van der Waals surface area contributed by atoms with Crippen LogP contribution in [0, 0.1) is 6.92 Å². The van der Waals surface area contributed by atoms with E-state index in [0.717, 1.165) is 0 Å². The van der Waals surface area contributed by atoms with Crippen LogP contribution in [0.2, 0.25) is 0 Å². The van der Waals surface area contributed by atoms with E-state index in [2.05, 4.69) is 10.3 Å². The summed E-state index contributed by atoms with van der Waals surface area (Å²) in [5.41, 5.74) is 0.433. The highest BCUT2D eigenvalue weighted by atomic mass is 32.2. The molecule has 0 saturated heterocycles. The minimum Gasteiger partial charge on any atom is -0.476 e. The summed E-state index contributed by atoms with van der Waals surface area (Å²) in [5, 5.41) is 17.2. The summed E-state index contributed by atoms with van der Waals surface area (Å²) in [4.78, 5) is 15.3. The van der Waals surface area contributed by atoms with Gasteiger partial charge in [-0.1, -0.05) is 6.07 Å². The summed E-state index contributed by atoms with van der Waals surface area (Å²) in [5.74, 6) is -1.11. The highest BCUT2D eigenvalue weighted by Gasteiger charge is 2.14. The summed E-state index contributed by atoms with van der Waals surface area (Å²) in [6, 6.07) is 5.88. The lowest BCUT2D eigenvalue weighted by molar-refractivity contribution is 0.0690. The Morgan fingerprint density at radius 2 is 2.15 bits per heavy atom. The summed E-state index contributed by atoms with van der Waals surface area (Å²) < 4.78 is 22.5. The van der Waals surface area contributed by atoms with Crippen LogP contribution < -0.4 is 10.5 Å². The van der Waals surface area contributed by atoms with Crippen molar-refractivity contribution in [2.75, 3.05) is 5.32 Å². The Morgan fingerprint density at radius 1 is 1.45 bits per heavy atom. The second-order valence-electron chi connectivity index (χ2n) is 3.93. The van der Waals surface area contributed by atoms with Crippen LogP contribution in [0.5, 0.6) is 0 Å². The number of aromatic carboxylic acids is 1. The van der Waals surface area contributed by atoms with Crippen molar-refractivity contribution in [3.05, 3.63) is 34.8 Å². The van der Waals surface area contributed by atoms with Crippen molar-refractivity contribution in [2.24, 2.45) is 5.14 Å². The molecule has 1 heterocycles. The van der Waals surface area contributed by atoms with E-state index in [1.54, 1.807) is 13.0 Å². The van der Waals surface area contributed by atoms with Gasteiger partial charge in [0.2, 0.25) is 10.0 Å². The minimum absolute atomic E-state index is 0.0277. The normalized spacial score (nSPS) is 11.3. The van der Waals surface area contributed by atoms with E-state index in [0.29, 0.717) is 15.7 Å². The van der Waals surface area contributed by atoms with Crippen LogP contribution in [0.15, 0.2) is 29.2 Å². The van der Waals surface area contributed by atoms with Gasteiger partial charge in [-0.05, 0) is 25.1 Å². The first kappa shape index (κ1) is 14.4. The van der Waals surface area contributed by atoms with E-state index in [9.17, 15) is 13.2 Å².